The number of hydrogen-bond acceptors (Lipinski definition) is 6. The highest BCUT2D eigenvalue weighted by Gasteiger charge is 2.28. The van der Waals surface area contributed by atoms with Gasteiger partial charge in [-0.2, -0.15) is 0 Å². The Labute approximate surface area is 115 Å². The zero-order valence-corrected chi connectivity index (χ0v) is 12.2. The van der Waals surface area contributed by atoms with Crippen LogP contribution in [0, 0.1) is 0 Å². The Morgan fingerprint density at radius 2 is 2.26 bits per heavy atom. The van der Waals surface area contributed by atoms with Crippen molar-refractivity contribution in [2.45, 2.75) is 38.8 Å². The molecule has 0 radical (unpaired) electrons. The summed E-state index contributed by atoms with van der Waals surface area (Å²) < 4.78 is 5.75. The molecule has 1 unspecified atom stereocenters. The molecule has 1 N–H and O–H groups in total. The van der Waals surface area contributed by atoms with Gasteiger partial charge in [0, 0.05) is 19.1 Å². The lowest BCUT2D eigenvalue weighted by atomic mass is 10.2. The summed E-state index contributed by atoms with van der Waals surface area (Å²) in [5.41, 5.74) is 0. The van der Waals surface area contributed by atoms with Crippen molar-refractivity contribution in [1.29, 1.82) is 0 Å². The predicted octanol–water partition coefficient (Wildman–Crippen LogP) is 1.10. The molecule has 108 valence electrons. The van der Waals surface area contributed by atoms with Crippen LogP contribution < -0.4 is 10.2 Å². The molecule has 0 aliphatic carbocycles. The average Bonchev–Trinajstić information content (AvgIpc) is 2.97. The number of aromatic nitrogens is 2. The van der Waals surface area contributed by atoms with Crippen molar-refractivity contribution < 1.29 is 4.42 Å². The summed E-state index contributed by atoms with van der Waals surface area (Å²) in [6.45, 7) is 5.83. The van der Waals surface area contributed by atoms with E-state index in [1.807, 2.05) is 0 Å². The van der Waals surface area contributed by atoms with E-state index >= 15 is 0 Å². The molecule has 19 heavy (non-hydrogen) atoms. The van der Waals surface area contributed by atoms with Crippen LogP contribution >= 0.6 is 0 Å². The monoisotopic (exact) mass is 267 g/mol. The molecule has 0 saturated carbocycles. The molecule has 6 heteroatoms. The van der Waals surface area contributed by atoms with Gasteiger partial charge in [0.25, 0.3) is 0 Å². The summed E-state index contributed by atoms with van der Waals surface area (Å²) in [4.78, 5) is 4.46. The molecule has 1 atom stereocenters. The van der Waals surface area contributed by atoms with E-state index in [0.29, 0.717) is 24.5 Å². The Kier molecular flexibility index (Phi) is 5.15. The maximum absolute atomic E-state index is 5.75. The van der Waals surface area contributed by atoms with Crippen LogP contribution in [-0.2, 0) is 6.54 Å². The predicted molar refractivity (Wildman–Crippen MR) is 75.2 cm³/mol. The number of hydrogen-bond donors (Lipinski definition) is 1. The summed E-state index contributed by atoms with van der Waals surface area (Å²) in [5, 5.41) is 11.6. The lowest BCUT2D eigenvalue weighted by Gasteiger charge is -2.25. The lowest BCUT2D eigenvalue weighted by Crippen LogP contribution is -2.37. The van der Waals surface area contributed by atoms with Crippen LogP contribution in [0.1, 0.15) is 32.1 Å². The Bertz CT molecular complexity index is 379. The lowest BCUT2D eigenvalue weighted by molar-refractivity contribution is 0.362. The third kappa shape index (κ3) is 3.91. The Hall–Kier alpha value is -1.14. The summed E-state index contributed by atoms with van der Waals surface area (Å²) in [6, 6.07) is 1.17. The van der Waals surface area contributed by atoms with E-state index in [9.17, 15) is 0 Å². The number of likely N-dealkylation sites (N-methyl/N-ethyl adjacent to an activating group) is 1. The smallest absolute Gasteiger partial charge is 0.318 e. The van der Waals surface area contributed by atoms with Gasteiger partial charge in [0.05, 0.1) is 6.54 Å². The van der Waals surface area contributed by atoms with Crippen LogP contribution in [-0.4, -0.2) is 54.9 Å². The Morgan fingerprint density at radius 3 is 3.00 bits per heavy atom. The minimum absolute atomic E-state index is 0.493. The van der Waals surface area contributed by atoms with E-state index in [1.165, 1.54) is 12.8 Å². The van der Waals surface area contributed by atoms with Crippen LogP contribution in [0.2, 0.25) is 0 Å². The molecule has 1 fully saturated rings. The molecule has 1 aromatic rings. The summed E-state index contributed by atoms with van der Waals surface area (Å²) in [7, 11) is 4.20. The zero-order valence-electron chi connectivity index (χ0n) is 12.2. The minimum atomic E-state index is 0.493. The van der Waals surface area contributed by atoms with Gasteiger partial charge in [-0.15, -0.1) is 5.10 Å². The van der Waals surface area contributed by atoms with Crippen molar-refractivity contribution in [3.05, 3.63) is 5.89 Å². The molecule has 1 aromatic heterocycles. The second-order valence-electron chi connectivity index (χ2n) is 5.41. The third-order valence-electron chi connectivity index (χ3n) is 3.36. The number of anilines is 1. The van der Waals surface area contributed by atoms with Crippen molar-refractivity contribution in [2.75, 3.05) is 38.6 Å². The molecule has 1 aliphatic heterocycles. The van der Waals surface area contributed by atoms with Crippen LogP contribution in [0.3, 0.4) is 0 Å². The topological polar surface area (TPSA) is 57.4 Å². The summed E-state index contributed by atoms with van der Waals surface area (Å²) >= 11 is 0. The fourth-order valence-corrected chi connectivity index (χ4v) is 2.50. The van der Waals surface area contributed by atoms with Gasteiger partial charge in [-0.1, -0.05) is 12.0 Å². The standard InChI is InChI=1S/C13H25N5O/c1-4-7-14-9-12-15-16-13(19-12)18-8-5-6-11(18)10-17(2)3/h11,14H,4-10H2,1-3H3. The van der Waals surface area contributed by atoms with Crippen molar-refractivity contribution in [1.82, 2.24) is 20.4 Å². The van der Waals surface area contributed by atoms with Crippen molar-refractivity contribution in [2.24, 2.45) is 0 Å². The van der Waals surface area contributed by atoms with E-state index in [2.05, 4.69) is 46.3 Å². The molecular weight excluding hydrogens is 242 g/mol. The first-order chi connectivity index (χ1) is 9.20. The molecule has 6 nitrogen and oxygen atoms in total. The van der Waals surface area contributed by atoms with E-state index in [-0.39, 0.29) is 0 Å². The normalized spacial score (nSPS) is 19.6. The van der Waals surface area contributed by atoms with Crippen LogP contribution in [0.15, 0.2) is 4.42 Å². The van der Waals surface area contributed by atoms with Gasteiger partial charge in [0.1, 0.15) is 0 Å². The number of rotatable bonds is 7. The van der Waals surface area contributed by atoms with Gasteiger partial charge in [0.2, 0.25) is 5.89 Å². The highest BCUT2D eigenvalue weighted by atomic mass is 16.4. The van der Waals surface area contributed by atoms with Crippen molar-refractivity contribution in [3.63, 3.8) is 0 Å². The molecule has 0 aromatic carbocycles. The minimum Gasteiger partial charge on any atom is -0.407 e. The zero-order chi connectivity index (χ0) is 13.7. The summed E-state index contributed by atoms with van der Waals surface area (Å²) in [6.07, 6.45) is 3.51. The van der Waals surface area contributed by atoms with Crippen molar-refractivity contribution >= 4 is 6.01 Å². The van der Waals surface area contributed by atoms with Gasteiger partial charge < -0.3 is 19.5 Å². The fraction of sp³-hybridized carbons (Fsp3) is 0.846. The third-order valence-corrected chi connectivity index (χ3v) is 3.36. The first-order valence-corrected chi connectivity index (χ1v) is 7.15. The first-order valence-electron chi connectivity index (χ1n) is 7.15. The Morgan fingerprint density at radius 1 is 1.42 bits per heavy atom. The molecule has 1 aliphatic rings. The van der Waals surface area contributed by atoms with Gasteiger partial charge >= 0.3 is 6.01 Å². The number of nitrogens with zero attached hydrogens (tertiary/aromatic N) is 4. The molecule has 0 amide bonds. The molecule has 2 rings (SSSR count). The van der Waals surface area contributed by atoms with Gasteiger partial charge in [-0.3, -0.25) is 0 Å². The SMILES string of the molecule is CCCNCc1nnc(N2CCCC2CN(C)C)o1. The van der Waals surface area contributed by atoms with Crippen LogP contribution in [0.25, 0.3) is 0 Å². The number of nitrogens with one attached hydrogen (secondary N) is 1. The maximum atomic E-state index is 5.75. The van der Waals surface area contributed by atoms with E-state index in [1.54, 1.807) is 0 Å². The second-order valence-corrected chi connectivity index (χ2v) is 5.41. The quantitative estimate of drug-likeness (QED) is 0.747. The highest BCUT2D eigenvalue weighted by molar-refractivity contribution is 5.29. The molecule has 0 spiro atoms. The molecule has 1 saturated heterocycles. The summed E-state index contributed by atoms with van der Waals surface area (Å²) in [5.74, 6) is 0.680. The van der Waals surface area contributed by atoms with Gasteiger partial charge in [-0.05, 0) is 39.9 Å². The van der Waals surface area contributed by atoms with E-state index in [0.717, 1.165) is 26.1 Å². The van der Waals surface area contributed by atoms with E-state index in [4.69, 9.17) is 4.42 Å². The van der Waals surface area contributed by atoms with Crippen LogP contribution in [0.5, 0.6) is 0 Å². The molecule has 0 bridgehead atoms. The highest BCUT2D eigenvalue weighted by Crippen LogP contribution is 2.24. The molecular formula is C13H25N5O. The second kappa shape index (κ2) is 6.86. The fourth-order valence-electron chi connectivity index (χ4n) is 2.50. The van der Waals surface area contributed by atoms with Gasteiger partial charge in [-0.25, -0.2) is 0 Å². The Balaban J connectivity index is 1.93. The molecule has 2 heterocycles. The van der Waals surface area contributed by atoms with Gasteiger partial charge in [0.15, 0.2) is 0 Å². The van der Waals surface area contributed by atoms with Crippen molar-refractivity contribution in [3.8, 4) is 0 Å². The van der Waals surface area contributed by atoms with Crippen LogP contribution in [0.4, 0.5) is 6.01 Å². The largest absolute Gasteiger partial charge is 0.407 e. The average molecular weight is 267 g/mol. The van der Waals surface area contributed by atoms with E-state index < -0.39 is 0 Å². The first kappa shape index (κ1) is 14.3. The maximum Gasteiger partial charge on any atom is 0.318 e.